The fourth-order valence-electron chi connectivity index (χ4n) is 4.57. The molecule has 9 heteroatoms. The van der Waals surface area contributed by atoms with Crippen molar-refractivity contribution < 1.29 is 19.0 Å². The van der Waals surface area contributed by atoms with Crippen LogP contribution >= 0.6 is 11.6 Å². The van der Waals surface area contributed by atoms with Gasteiger partial charge in [0, 0.05) is 18.7 Å². The second-order valence-corrected chi connectivity index (χ2v) is 9.46. The van der Waals surface area contributed by atoms with Crippen LogP contribution in [0.15, 0.2) is 48.5 Å². The molecule has 1 saturated heterocycles. The summed E-state index contributed by atoms with van der Waals surface area (Å²) in [6.07, 6.45) is 0.801. The standard InChI is InChI=1S/C29H35ClN4O4/c1-5-23-27(21-14-13-20(36-4)15-22(21)30)31-24(6-2)28(32-23)33-25-16-34(17-26(25)37-7-3)29(35)38-18-19-11-9-8-10-12-19/h8-15,25-26H,5-7,16-18H2,1-4H3,(H,32,33)/t25-,26+/m1/s1. The molecule has 2 atom stereocenters. The number of rotatable bonds is 10. The van der Waals surface area contributed by atoms with Crippen LogP contribution in [-0.2, 0) is 28.9 Å². The van der Waals surface area contributed by atoms with E-state index in [1.807, 2.05) is 63.2 Å². The summed E-state index contributed by atoms with van der Waals surface area (Å²) in [6, 6.07) is 15.1. The molecule has 3 aromatic rings. The average molecular weight is 539 g/mol. The molecule has 202 valence electrons. The molecule has 1 aliphatic heterocycles. The van der Waals surface area contributed by atoms with Crippen LogP contribution in [0, 0.1) is 0 Å². The number of anilines is 1. The van der Waals surface area contributed by atoms with Crippen LogP contribution < -0.4 is 10.1 Å². The summed E-state index contributed by atoms with van der Waals surface area (Å²) in [5.74, 6) is 1.39. The normalized spacial score (nSPS) is 16.9. The second kappa shape index (κ2) is 12.9. The largest absolute Gasteiger partial charge is 0.497 e. The molecule has 8 nitrogen and oxygen atoms in total. The molecular formula is C29H35ClN4O4. The highest BCUT2D eigenvalue weighted by Gasteiger charge is 2.37. The third-order valence-electron chi connectivity index (χ3n) is 6.57. The topological polar surface area (TPSA) is 85.8 Å². The van der Waals surface area contributed by atoms with Gasteiger partial charge in [-0.2, -0.15) is 0 Å². The highest BCUT2D eigenvalue weighted by Crippen LogP contribution is 2.33. The van der Waals surface area contributed by atoms with Crippen molar-refractivity contribution in [1.29, 1.82) is 0 Å². The van der Waals surface area contributed by atoms with Gasteiger partial charge in [0.15, 0.2) is 0 Å². The van der Waals surface area contributed by atoms with Crippen molar-refractivity contribution in [3.8, 4) is 17.0 Å². The van der Waals surface area contributed by atoms with Crippen molar-refractivity contribution in [2.24, 2.45) is 0 Å². The predicted octanol–water partition coefficient (Wildman–Crippen LogP) is 5.77. The summed E-state index contributed by atoms with van der Waals surface area (Å²) in [4.78, 5) is 24.5. The van der Waals surface area contributed by atoms with Crippen LogP contribution in [0.2, 0.25) is 5.02 Å². The van der Waals surface area contributed by atoms with E-state index in [0.29, 0.717) is 49.1 Å². The van der Waals surface area contributed by atoms with E-state index in [-0.39, 0.29) is 24.8 Å². The smallest absolute Gasteiger partial charge is 0.410 e. The van der Waals surface area contributed by atoms with E-state index >= 15 is 0 Å². The Morgan fingerprint density at radius 3 is 2.47 bits per heavy atom. The number of nitrogens with zero attached hydrogens (tertiary/aromatic N) is 3. The van der Waals surface area contributed by atoms with E-state index in [1.54, 1.807) is 18.1 Å². The zero-order valence-corrected chi connectivity index (χ0v) is 23.1. The van der Waals surface area contributed by atoms with Gasteiger partial charge < -0.3 is 24.4 Å². The highest BCUT2D eigenvalue weighted by molar-refractivity contribution is 6.33. The Morgan fingerprint density at radius 1 is 1.05 bits per heavy atom. The minimum absolute atomic E-state index is 0.154. The van der Waals surface area contributed by atoms with Crippen molar-refractivity contribution >= 4 is 23.5 Å². The fraction of sp³-hybridized carbons (Fsp3) is 0.414. The molecule has 1 N–H and O–H groups in total. The van der Waals surface area contributed by atoms with Gasteiger partial charge in [0.05, 0.1) is 47.9 Å². The number of hydrogen-bond acceptors (Lipinski definition) is 7. The number of methoxy groups -OCH3 is 1. The van der Waals surface area contributed by atoms with Gasteiger partial charge in [-0.05, 0) is 43.5 Å². The Balaban J connectivity index is 1.54. The minimum atomic E-state index is -0.358. The van der Waals surface area contributed by atoms with Gasteiger partial charge in [-0.1, -0.05) is 55.8 Å². The summed E-state index contributed by atoms with van der Waals surface area (Å²) in [5.41, 5.74) is 4.19. The number of amides is 1. The Labute approximate surface area is 229 Å². The van der Waals surface area contributed by atoms with Crippen LogP contribution in [0.5, 0.6) is 5.75 Å². The molecule has 2 aromatic carbocycles. The molecule has 1 aromatic heterocycles. The van der Waals surface area contributed by atoms with Crippen molar-refractivity contribution in [2.45, 2.75) is 52.4 Å². The molecule has 1 aliphatic rings. The number of aryl methyl sites for hydroxylation is 2. The highest BCUT2D eigenvalue weighted by atomic mass is 35.5. The maximum absolute atomic E-state index is 12.8. The van der Waals surface area contributed by atoms with Gasteiger partial charge in [-0.3, -0.25) is 0 Å². The van der Waals surface area contributed by atoms with Gasteiger partial charge in [-0.15, -0.1) is 0 Å². The van der Waals surface area contributed by atoms with E-state index in [1.165, 1.54) is 0 Å². The van der Waals surface area contributed by atoms with E-state index in [9.17, 15) is 4.79 Å². The molecule has 0 bridgehead atoms. The SMILES string of the molecule is CCO[C@H]1CN(C(=O)OCc2ccccc2)C[C@H]1Nc1nc(CC)c(-c2ccc(OC)cc2Cl)nc1CC. The molecule has 38 heavy (non-hydrogen) atoms. The number of halogens is 1. The third-order valence-corrected chi connectivity index (χ3v) is 6.89. The minimum Gasteiger partial charge on any atom is -0.497 e. The molecule has 0 radical (unpaired) electrons. The molecule has 0 spiro atoms. The predicted molar refractivity (Wildman–Crippen MR) is 149 cm³/mol. The summed E-state index contributed by atoms with van der Waals surface area (Å²) in [7, 11) is 1.61. The number of carbonyl (C=O) groups excluding carboxylic acids is 1. The third kappa shape index (κ3) is 6.37. The van der Waals surface area contributed by atoms with E-state index in [0.717, 1.165) is 28.2 Å². The molecule has 0 unspecified atom stereocenters. The Morgan fingerprint density at radius 2 is 1.82 bits per heavy atom. The Kier molecular flexibility index (Phi) is 9.42. The van der Waals surface area contributed by atoms with Crippen molar-refractivity contribution in [3.63, 3.8) is 0 Å². The maximum Gasteiger partial charge on any atom is 0.410 e. The number of aromatic nitrogens is 2. The van der Waals surface area contributed by atoms with Gasteiger partial charge in [0.25, 0.3) is 0 Å². The first-order valence-electron chi connectivity index (χ1n) is 13.0. The molecule has 1 fully saturated rings. The van der Waals surface area contributed by atoms with E-state index in [4.69, 9.17) is 35.8 Å². The Hall–Kier alpha value is -3.36. The fourth-order valence-corrected chi connectivity index (χ4v) is 4.83. The Bertz CT molecular complexity index is 1240. The lowest BCUT2D eigenvalue weighted by Crippen LogP contribution is -2.35. The molecular weight excluding hydrogens is 504 g/mol. The average Bonchev–Trinajstić information content (AvgIpc) is 3.34. The number of hydrogen-bond donors (Lipinski definition) is 1. The molecule has 4 rings (SSSR count). The van der Waals surface area contributed by atoms with Gasteiger partial charge in [-0.25, -0.2) is 14.8 Å². The van der Waals surface area contributed by atoms with Gasteiger partial charge in [0.1, 0.15) is 18.2 Å². The first-order chi connectivity index (χ1) is 18.5. The van der Waals surface area contributed by atoms with Crippen LogP contribution in [0.25, 0.3) is 11.3 Å². The number of benzene rings is 2. The number of carbonyl (C=O) groups is 1. The van der Waals surface area contributed by atoms with Crippen LogP contribution in [0.1, 0.15) is 37.7 Å². The lowest BCUT2D eigenvalue weighted by molar-refractivity contribution is 0.0580. The summed E-state index contributed by atoms with van der Waals surface area (Å²) in [5, 5.41) is 4.10. The van der Waals surface area contributed by atoms with Gasteiger partial charge >= 0.3 is 6.09 Å². The van der Waals surface area contributed by atoms with E-state index in [2.05, 4.69) is 5.32 Å². The molecule has 0 aliphatic carbocycles. The van der Waals surface area contributed by atoms with Crippen LogP contribution in [0.3, 0.4) is 0 Å². The molecule has 0 saturated carbocycles. The number of likely N-dealkylation sites (tertiary alicyclic amines) is 1. The lowest BCUT2D eigenvalue weighted by atomic mass is 10.1. The summed E-state index contributed by atoms with van der Waals surface area (Å²) in [6.45, 7) is 7.69. The lowest BCUT2D eigenvalue weighted by Gasteiger charge is -2.22. The maximum atomic E-state index is 12.8. The van der Waals surface area contributed by atoms with E-state index < -0.39 is 0 Å². The first kappa shape index (κ1) is 27.7. The van der Waals surface area contributed by atoms with Crippen molar-refractivity contribution in [2.75, 3.05) is 32.1 Å². The van der Waals surface area contributed by atoms with Crippen molar-refractivity contribution in [1.82, 2.24) is 14.9 Å². The second-order valence-electron chi connectivity index (χ2n) is 9.06. The molecule has 2 heterocycles. The zero-order chi connectivity index (χ0) is 27.1. The van der Waals surface area contributed by atoms with Crippen LogP contribution in [-0.4, -0.2) is 59.9 Å². The van der Waals surface area contributed by atoms with Gasteiger partial charge in [0.2, 0.25) is 0 Å². The quantitative estimate of drug-likeness (QED) is 0.351. The number of nitrogens with one attached hydrogen (secondary N) is 1. The zero-order valence-electron chi connectivity index (χ0n) is 22.4. The first-order valence-corrected chi connectivity index (χ1v) is 13.4. The summed E-state index contributed by atoms with van der Waals surface area (Å²) < 4.78 is 16.9. The van der Waals surface area contributed by atoms with Crippen LogP contribution in [0.4, 0.5) is 10.6 Å². The number of ether oxygens (including phenoxy) is 3. The van der Waals surface area contributed by atoms with Crippen molar-refractivity contribution in [3.05, 3.63) is 70.5 Å². The monoisotopic (exact) mass is 538 g/mol. The molecule has 1 amide bonds. The summed E-state index contributed by atoms with van der Waals surface area (Å²) >= 11 is 6.58.